The zero-order valence-electron chi connectivity index (χ0n) is 20.0. The number of thiazole rings is 1. The van der Waals surface area contributed by atoms with Crippen LogP contribution >= 0.6 is 34.9 Å². The van der Waals surface area contributed by atoms with Gasteiger partial charge in [-0.1, -0.05) is 66.7 Å². The first-order valence-corrected chi connectivity index (χ1v) is 14.1. The van der Waals surface area contributed by atoms with E-state index in [-0.39, 0.29) is 23.4 Å². The summed E-state index contributed by atoms with van der Waals surface area (Å²) in [7, 11) is 0. The second-order valence-electron chi connectivity index (χ2n) is 8.62. The maximum absolute atomic E-state index is 13.5. The summed E-state index contributed by atoms with van der Waals surface area (Å²) in [5.41, 5.74) is 2.39. The summed E-state index contributed by atoms with van der Waals surface area (Å²) < 4.78 is 0. The molecule has 0 aromatic carbocycles. The van der Waals surface area contributed by atoms with Crippen LogP contribution in [0, 0.1) is 11.8 Å². The van der Waals surface area contributed by atoms with Crippen LogP contribution in [-0.2, 0) is 4.79 Å². The average Bonchev–Trinajstić information content (AvgIpc) is 3.44. The highest BCUT2D eigenvalue weighted by molar-refractivity contribution is 8.07. The van der Waals surface area contributed by atoms with Gasteiger partial charge in [0.2, 0.25) is 5.91 Å². The number of nitrogens with zero attached hydrogens (tertiary/aromatic N) is 2. The van der Waals surface area contributed by atoms with Gasteiger partial charge in [0.1, 0.15) is 0 Å². The summed E-state index contributed by atoms with van der Waals surface area (Å²) in [6.07, 6.45) is 16.0. The summed E-state index contributed by atoms with van der Waals surface area (Å²) >= 11 is 4.52. The Bertz CT molecular complexity index is 1260. The first-order valence-electron chi connectivity index (χ1n) is 11.6. The molecule has 4 rings (SSSR count). The molecule has 35 heavy (non-hydrogen) atoms. The molecule has 3 N–H and O–H groups in total. The molecule has 2 aromatic heterocycles. The molecule has 2 atom stereocenters. The Morgan fingerprint density at radius 3 is 2.83 bits per heavy atom. The van der Waals surface area contributed by atoms with E-state index in [9.17, 15) is 9.59 Å². The number of allylic oxidation sites excluding steroid dienone is 8. The lowest BCUT2D eigenvalue weighted by Crippen LogP contribution is -2.29. The van der Waals surface area contributed by atoms with Crippen molar-refractivity contribution in [3.63, 3.8) is 0 Å². The van der Waals surface area contributed by atoms with E-state index in [0.717, 1.165) is 40.4 Å². The van der Waals surface area contributed by atoms with Crippen molar-refractivity contribution < 1.29 is 4.79 Å². The average molecular weight is 528 g/mol. The topological polar surface area (TPSA) is 104 Å². The number of nitrogens with one attached hydrogen (secondary N) is 3. The second-order valence-corrected chi connectivity index (χ2v) is 11.8. The lowest BCUT2D eigenvalue weighted by Gasteiger charge is -2.27. The van der Waals surface area contributed by atoms with Crippen molar-refractivity contribution in [3.8, 4) is 0 Å². The molecule has 2 aliphatic carbocycles. The minimum atomic E-state index is -0.319. The van der Waals surface area contributed by atoms with E-state index in [1.165, 1.54) is 34.2 Å². The minimum Gasteiger partial charge on any atom is -0.301 e. The van der Waals surface area contributed by atoms with Crippen molar-refractivity contribution in [3.05, 3.63) is 78.3 Å². The van der Waals surface area contributed by atoms with Gasteiger partial charge in [-0.3, -0.25) is 9.78 Å². The van der Waals surface area contributed by atoms with Gasteiger partial charge in [0, 0.05) is 21.4 Å². The fraction of sp³-hybridized carbons (Fsp3) is 0.360. The molecule has 0 spiro atoms. The fourth-order valence-corrected chi connectivity index (χ4v) is 6.62. The highest BCUT2D eigenvalue weighted by Gasteiger charge is 2.31. The van der Waals surface area contributed by atoms with Gasteiger partial charge in [-0.05, 0) is 55.6 Å². The van der Waals surface area contributed by atoms with Gasteiger partial charge in [0.05, 0.1) is 5.92 Å². The molecular weight excluding hydrogens is 499 g/mol. The molecule has 1 amide bonds. The van der Waals surface area contributed by atoms with Gasteiger partial charge in [0.25, 0.3) is 0 Å². The van der Waals surface area contributed by atoms with Crippen LogP contribution in [-0.4, -0.2) is 26.1 Å². The quantitative estimate of drug-likeness (QED) is 0.385. The number of thioether (sulfide) groups is 2. The van der Waals surface area contributed by atoms with Crippen LogP contribution in [0.25, 0.3) is 0 Å². The summed E-state index contributed by atoms with van der Waals surface area (Å²) in [6, 6.07) is 0. The highest BCUT2D eigenvalue weighted by atomic mass is 32.2. The van der Waals surface area contributed by atoms with E-state index in [2.05, 4.69) is 76.6 Å². The van der Waals surface area contributed by atoms with E-state index < -0.39 is 0 Å². The smallest absolute Gasteiger partial charge is 0.301 e. The Morgan fingerprint density at radius 1 is 1.26 bits per heavy atom. The largest absolute Gasteiger partial charge is 0.341 e. The van der Waals surface area contributed by atoms with Crippen molar-refractivity contribution in [2.24, 2.45) is 11.8 Å². The van der Waals surface area contributed by atoms with Crippen LogP contribution in [0.1, 0.15) is 46.5 Å². The van der Waals surface area contributed by atoms with Crippen LogP contribution in [0.15, 0.2) is 77.8 Å². The molecule has 2 aliphatic rings. The van der Waals surface area contributed by atoms with E-state index in [1.54, 1.807) is 18.0 Å². The zero-order chi connectivity index (χ0) is 24.8. The predicted molar refractivity (Wildman–Crippen MR) is 146 cm³/mol. The number of carbonyl (C=O) groups excluding carboxylic acids is 1. The Balaban J connectivity index is 1.68. The molecule has 2 heterocycles. The van der Waals surface area contributed by atoms with Crippen LogP contribution < -0.4 is 11.0 Å². The number of carbonyl (C=O) groups is 1. The number of aromatic nitrogens is 4. The zero-order valence-corrected chi connectivity index (χ0v) is 22.4. The molecule has 0 aliphatic heterocycles. The third-order valence-corrected chi connectivity index (χ3v) is 8.67. The first kappa shape index (κ1) is 25.5. The second kappa shape index (κ2) is 11.9. The summed E-state index contributed by atoms with van der Waals surface area (Å²) in [6.45, 7) is 6.46. The molecular formula is C25H29N5O2S3. The third-order valence-electron chi connectivity index (χ3n) is 5.88. The molecule has 0 radical (unpaired) electrons. The molecule has 10 heteroatoms. The van der Waals surface area contributed by atoms with Gasteiger partial charge in [-0.15, -0.1) is 16.4 Å². The van der Waals surface area contributed by atoms with Crippen molar-refractivity contribution in [1.82, 2.24) is 20.2 Å². The van der Waals surface area contributed by atoms with Gasteiger partial charge in [-0.2, -0.15) is 0 Å². The molecule has 0 saturated heterocycles. The Morgan fingerprint density at radius 2 is 2.11 bits per heavy atom. The van der Waals surface area contributed by atoms with Gasteiger partial charge < -0.3 is 5.32 Å². The predicted octanol–water partition coefficient (Wildman–Crippen LogP) is 6.40. The summed E-state index contributed by atoms with van der Waals surface area (Å²) in [5.74, 6) is -0.230. The Hall–Kier alpha value is -2.56. The van der Waals surface area contributed by atoms with Crippen molar-refractivity contribution in [2.45, 2.75) is 51.6 Å². The molecule has 0 bridgehead atoms. The summed E-state index contributed by atoms with van der Waals surface area (Å²) in [5, 5.41) is 12.5. The van der Waals surface area contributed by atoms with E-state index in [4.69, 9.17) is 0 Å². The van der Waals surface area contributed by atoms with E-state index in [1.807, 2.05) is 5.38 Å². The van der Waals surface area contributed by atoms with Crippen LogP contribution in [0.2, 0.25) is 0 Å². The number of H-pyrrole nitrogens is 2. The minimum absolute atomic E-state index is 0.0343. The molecule has 0 saturated carbocycles. The van der Waals surface area contributed by atoms with E-state index >= 15 is 0 Å². The molecule has 7 nitrogen and oxygen atoms in total. The monoisotopic (exact) mass is 527 g/mol. The molecule has 184 valence electrons. The first-order chi connectivity index (χ1) is 16.9. The molecule has 0 fully saturated rings. The maximum Gasteiger partial charge on any atom is 0.341 e. The fourth-order valence-electron chi connectivity index (χ4n) is 4.01. The lowest BCUT2D eigenvalue weighted by atomic mass is 9.87. The van der Waals surface area contributed by atoms with Crippen molar-refractivity contribution in [2.75, 3.05) is 5.32 Å². The Labute approximate surface area is 217 Å². The van der Waals surface area contributed by atoms with E-state index in [0.29, 0.717) is 10.3 Å². The number of aromatic amines is 2. The number of hydrogen-bond acceptors (Lipinski definition) is 7. The SMILES string of the molecule is CCC1=CC(SC2=CC=C(Sc3n[nH]c(=O)[nH]3)CCC(C)C2C(=O)Nc2nccs2)=CC=C(C)C1. The van der Waals surface area contributed by atoms with Crippen LogP contribution in [0.3, 0.4) is 0 Å². The van der Waals surface area contributed by atoms with Gasteiger partial charge in [0.15, 0.2) is 10.3 Å². The van der Waals surface area contributed by atoms with Gasteiger partial charge in [-0.25, -0.2) is 14.9 Å². The van der Waals surface area contributed by atoms with Crippen molar-refractivity contribution >= 4 is 45.9 Å². The highest BCUT2D eigenvalue weighted by Crippen LogP contribution is 2.42. The standard InChI is InChI=1S/C25H29N5O2S3/c1-4-17-13-15(2)5-7-19(14-17)34-20-10-9-18(35-25-28-23(32)29-30-25)8-6-16(3)21(20)22(31)27-24-26-11-12-33-24/h5,7,9-12,14,16,21H,4,6,8,13H2,1-3H3,(H,26,27,31)(H2,28,29,30,32). The number of rotatable bonds is 7. The third kappa shape index (κ3) is 6.99. The molecule has 2 aromatic rings. The maximum atomic E-state index is 13.5. The number of amides is 1. The lowest BCUT2D eigenvalue weighted by molar-refractivity contribution is -0.119. The summed E-state index contributed by atoms with van der Waals surface area (Å²) in [4.78, 5) is 35.1. The normalized spacial score (nSPS) is 20.9. The van der Waals surface area contributed by atoms with Crippen LogP contribution in [0.4, 0.5) is 5.13 Å². The van der Waals surface area contributed by atoms with Gasteiger partial charge >= 0.3 is 5.69 Å². The Kier molecular flexibility index (Phi) is 8.69. The number of anilines is 1. The van der Waals surface area contributed by atoms with Crippen molar-refractivity contribution in [1.29, 1.82) is 0 Å². The van der Waals surface area contributed by atoms with Crippen LogP contribution in [0.5, 0.6) is 0 Å². The number of hydrogen-bond donors (Lipinski definition) is 3. The molecule has 2 unspecified atom stereocenters.